The molecule has 4 aliphatic rings. The zero-order valence-corrected chi connectivity index (χ0v) is 11.3. The van der Waals surface area contributed by atoms with Gasteiger partial charge in [-0.05, 0) is 56.3 Å². The van der Waals surface area contributed by atoms with E-state index in [4.69, 9.17) is 4.55 Å². The Kier molecular flexibility index (Phi) is 2.55. The van der Waals surface area contributed by atoms with Gasteiger partial charge in [0.25, 0.3) is 0 Å². The van der Waals surface area contributed by atoms with Crippen LogP contribution in [0.4, 0.5) is 4.79 Å². The number of rotatable bonds is 1. The molecule has 1 amide bonds. The molecule has 6 heteroatoms. The summed E-state index contributed by atoms with van der Waals surface area (Å²) in [4.78, 5) is 13.1. The van der Waals surface area contributed by atoms with Crippen LogP contribution in [0.3, 0.4) is 0 Å². The molecule has 0 aromatic rings. The lowest BCUT2D eigenvalue weighted by Gasteiger charge is -2.59. The van der Waals surface area contributed by atoms with E-state index in [9.17, 15) is 13.2 Å². The van der Waals surface area contributed by atoms with E-state index in [1.54, 1.807) is 0 Å². The second kappa shape index (κ2) is 3.70. The Bertz CT molecular complexity index is 449. The van der Waals surface area contributed by atoms with Crippen LogP contribution in [-0.4, -0.2) is 35.7 Å². The fraction of sp³-hybridized carbons (Fsp3) is 0.917. The summed E-state index contributed by atoms with van der Waals surface area (Å²) in [6, 6.07) is 0. The minimum absolute atomic E-state index is 0.318. The van der Waals surface area contributed by atoms with Gasteiger partial charge in [-0.15, -0.1) is 0 Å². The lowest BCUT2D eigenvalue weighted by molar-refractivity contribution is -0.0591. The van der Waals surface area contributed by atoms with Gasteiger partial charge in [-0.1, -0.05) is 0 Å². The third-order valence-electron chi connectivity index (χ3n) is 5.21. The van der Waals surface area contributed by atoms with Gasteiger partial charge in [-0.2, -0.15) is 8.42 Å². The summed E-state index contributed by atoms with van der Waals surface area (Å²) < 4.78 is 31.0. The van der Waals surface area contributed by atoms with Gasteiger partial charge < -0.3 is 4.90 Å². The fourth-order valence-electron chi connectivity index (χ4n) is 4.84. The highest BCUT2D eigenvalue weighted by atomic mass is 32.2. The summed E-state index contributed by atoms with van der Waals surface area (Å²) >= 11 is 0. The van der Waals surface area contributed by atoms with Crippen LogP contribution in [0.25, 0.3) is 0 Å². The van der Waals surface area contributed by atoms with Crippen molar-refractivity contribution < 1.29 is 17.8 Å². The summed E-state index contributed by atoms with van der Waals surface area (Å²) in [5, 5.41) is -1.13. The highest BCUT2D eigenvalue weighted by Gasteiger charge is 2.54. The number of nitrogens with zero attached hydrogens (tertiary/aromatic N) is 1. The van der Waals surface area contributed by atoms with E-state index in [1.165, 1.54) is 31.2 Å². The van der Waals surface area contributed by atoms with Gasteiger partial charge in [-0.25, -0.2) is 0 Å². The van der Waals surface area contributed by atoms with Gasteiger partial charge in [0.05, 0.1) is 0 Å². The van der Waals surface area contributed by atoms with Crippen molar-refractivity contribution >= 4 is 15.4 Å². The Balaban J connectivity index is 1.89. The molecule has 18 heavy (non-hydrogen) atoms. The molecule has 4 saturated carbocycles. The minimum Gasteiger partial charge on any atom is -0.325 e. The van der Waals surface area contributed by atoms with Crippen LogP contribution < -0.4 is 0 Å². The predicted octanol–water partition coefficient (Wildman–Crippen LogP) is 1.89. The van der Waals surface area contributed by atoms with Crippen LogP contribution in [0.5, 0.6) is 0 Å². The molecule has 0 radical (unpaired) electrons. The molecule has 4 aliphatic carbocycles. The number of hydrogen-bond acceptors (Lipinski definition) is 3. The van der Waals surface area contributed by atoms with Crippen molar-refractivity contribution in [3.63, 3.8) is 0 Å². The zero-order chi connectivity index (χ0) is 13.1. The van der Waals surface area contributed by atoms with Crippen molar-refractivity contribution in [3.8, 4) is 0 Å². The van der Waals surface area contributed by atoms with Crippen LogP contribution in [0.15, 0.2) is 0 Å². The van der Waals surface area contributed by atoms with E-state index in [-0.39, 0.29) is 5.54 Å². The molecule has 0 saturated heterocycles. The molecule has 4 bridgehead atoms. The van der Waals surface area contributed by atoms with Gasteiger partial charge in [0.2, 0.25) is 0 Å². The van der Waals surface area contributed by atoms with Gasteiger partial charge in [0, 0.05) is 12.6 Å². The van der Waals surface area contributed by atoms with Crippen molar-refractivity contribution in [3.05, 3.63) is 0 Å². The second-order valence-electron chi connectivity index (χ2n) is 6.44. The van der Waals surface area contributed by atoms with E-state index in [1.807, 2.05) is 0 Å². The summed E-state index contributed by atoms with van der Waals surface area (Å²) in [7, 11) is -3.08. The predicted molar refractivity (Wildman–Crippen MR) is 65.6 cm³/mol. The molecule has 4 fully saturated rings. The average molecular weight is 273 g/mol. The molecule has 4 rings (SSSR count). The smallest absolute Gasteiger partial charge is 0.325 e. The Labute approximate surface area is 107 Å². The molecule has 0 aromatic heterocycles. The molecule has 1 N–H and O–H groups in total. The molecule has 102 valence electrons. The lowest BCUT2D eigenvalue weighted by atomic mass is 9.52. The third kappa shape index (κ3) is 1.77. The first-order chi connectivity index (χ1) is 8.30. The first-order valence-electron chi connectivity index (χ1n) is 6.55. The van der Waals surface area contributed by atoms with Crippen molar-refractivity contribution in [2.24, 2.45) is 17.8 Å². The number of carbonyl (C=O) groups is 1. The number of amides is 1. The molecule has 0 aliphatic heterocycles. The van der Waals surface area contributed by atoms with Crippen molar-refractivity contribution in [2.75, 3.05) is 7.05 Å². The highest BCUT2D eigenvalue weighted by molar-refractivity contribution is 8.01. The zero-order valence-electron chi connectivity index (χ0n) is 10.5. The van der Waals surface area contributed by atoms with Crippen LogP contribution in [0.2, 0.25) is 0 Å². The summed E-state index contributed by atoms with van der Waals surface area (Å²) in [6.07, 6.45) is 6.39. The van der Waals surface area contributed by atoms with Gasteiger partial charge in [-0.3, -0.25) is 9.35 Å². The molecule has 0 atom stereocenters. The van der Waals surface area contributed by atoms with Gasteiger partial charge >= 0.3 is 15.4 Å². The maximum Gasteiger partial charge on any atom is 0.366 e. The van der Waals surface area contributed by atoms with Crippen LogP contribution in [-0.2, 0) is 10.1 Å². The number of hydrogen-bond donors (Lipinski definition) is 1. The summed E-state index contributed by atoms with van der Waals surface area (Å²) in [5.41, 5.74) is -0.318. The Morgan fingerprint density at radius 3 is 1.83 bits per heavy atom. The van der Waals surface area contributed by atoms with Gasteiger partial charge in [0.15, 0.2) is 0 Å². The third-order valence-corrected chi connectivity index (χ3v) is 5.93. The minimum atomic E-state index is -4.61. The normalized spacial score (nSPS) is 42.0. The SMILES string of the molecule is CN(C(=O)S(=O)(=O)O)C12CC3CC(CC(C3)C1)C2. The van der Waals surface area contributed by atoms with E-state index in [0.29, 0.717) is 17.8 Å². The maximum atomic E-state index is 11.8. The van der Waals surface area contributed by atoms with Crippen molar-refractivity contribution in [2.45, 2.75) is 44.1 Å². The first kappa shape index (κ1) is 12.4. The summed E-state index contributed by atoms with van der Waals surface area (Å²) in [6.45, 7) is 0. The second-order valence-corrected chi connectivity index (χ2v) is 7.74. The lowest BCUT2D eigenvalue weighted by Crippen LogP contribution is -2.60. The topological polar surface area (TPSA) is 74.7 Å². The Morgan fingerprint density at radius 2 is 1.50 bits per heavy atom. The van der Waals surface area contributed by atoms with Crippen molar-refractivity contribution in [1.29, 1.82) is 0 Å². The van der Waals surface area contributed by atoms with E-state index >= 15 is 0 Å². The molecular formula is C12H19NO4S. The summed E-state index contributed by atoms with van der Waals surface area (Å²) in [5.74, 6) is 1.90. The van der Waals surface area contributed by atoms with E-state index < -0.39 is 15.4 Å². The average Bonchev–Trinajstić information content (AvgIpc) is 2.23. The first-order valence-corrected chi connectivity index (χ1v) is 7.99. The molecule has 0 unspecified atom stereocenters. The monoisotopic (exact) mass is 273 g/mol. The number of carbonyl (C=O) groups excluding carboxylic acids is 1. The maximum absolute atomic E-state index is 11.8. The standard InChI is InChI=1S/C12H19NO4S/c1-13(11(14)18(15,16)17)12-5-8-2-9(6-12)4-10(3-8)7-12/h8-10H,2-7H2,1H3,(H,15,16,17). The fourth-order valence-corrected chi connectivity index (χ4v) is 5.38. The molecule has 0 heterocycles. The van der Waals surface area contributed by atoms with Crippen molar-refractivity contribution in [1.82, 2.24) is 4.90 Å². The van der Waals surface area contributed by atoms with E-state index in [0.717, 1.165) is 19.3 Å². The molecule has 0 aromatic carbocycles. The van der Waals surface area contributed by atoms with E-state index in [2.05, 4.69) is 0 Å². The van der Waals surface area contributed by atoms with Crippen LogP contribution >= 0.6 is 0 Å². The quantitative estimate of drug-likeness (QED) is 0.740. The molecule has 5 nitrogen and oxygen atoms in total. The van der Waals surface area contributed by atoms with Gasteiger partial charge in [0.1, 0.15) is 0 Å². The molecular weight excluding hydrogens is 254 g/mol. The Morgan fingerprint density at radius 1 is 1.11 bits per heavy atom. The highest BCUT2D eigenvalue weighted by Crippen LogP contribution is 2.57. The Hall–Kier alpha value is -0.620. The molecule has 0 spiro atoms. The largest absolute Gasteiger partial charge is 0.366 e. The van der Waals surface area contributed by atoms with Crippen LogP contribution in [0.1, 0.15) is 38.5 Å². The van der Waals surface area contributed by atoms with Crippen LogP contribution in [0, 0.1) is 17.8 Å².